The van der Waals surface area contributed by atoms with Gasteiger partial charge in [-0.25, -0.2) is 4.79 Å². The van der Waals surface area contributed by atoms with Gasteiger partial charge in [0.1, 0.15) is 0 Å². The average molecular weight is 270 g/mol. The van der Waals surface area contributed by atoms with E-state index in [-0.39, 0.29) is 5.95 Å². The number of anilines is 1. The van der Waals surface area contributed by atoms with Crippen LogP contribution in [0.5, 0.6) is 0 Å². The molecule has 18 heavy (non-hydrogen) atoms. The highest BCUT2D eigenvalue weighted by atomic mass is 32.2. The minimum Gasteiger partial charge on any atom is -0.368 e. The van der Waals surface area contributed by atoms with Crippen molar-refractivity contribution in [3.63, 3.8) is 0 Å². The van der Waals surface area contributed by atoms with Crippen LogP contribution in [0.1, 0.15) is 6.92 Å². The third kappa shape index (κ3) is 3.48. The second kappa shape index (κ2) is 6.05. The molecule has 0 saturated heterocycles. The van der Waals surface area contributed by atoms with Gasteiger partial charge in [-0.15, -0.1) is 16.8 Å². The summed E-state index contributed by atoms with van der Waals surface area (Å²) in [6, 6.07) is -0.889. The lowest BCUT2D eigenvalue weighted by molar-refractivity contribution is -0.119. The van der Waals surface area contributed by atoms with Gasteiger partial charge in [-0.2, -0.15) is 0 Å². The van der Waals surface area contributed by atoms with E-state index in [4.69, 9.17) is 11.5 Å². The van der Waals surface area contributed by atoms with Crippen LogP contribution < -0.4 is 16.8 Å². The fourth-order valence-corrected chi connectivity index (χ4v) is 1.99. The van der Waals surface area contributed by atoms with Gasteiger partial charge < -0.3 is 11.5 Å². The fourth-order valence-electron chi connectivity index (χ4n) is 1.12. The standard InChI is InChI=1S/C9H14N6O2S/c1-3-4-15-7(10)13-14-9(15)18-5(2)6(16)12-8(11)17/h3,5H,1,4H2,2H3,(H2,10,13)(H3,11,12,16,17)/t5-/m1/s1. The maximum absolute atomic E-state index is 11.5. The second-order valence-electron chi connectivity index (χ2n) is 3.35. The zero-order valence-electron chi connectivity index (χ0n) is 9.79. The Morgan fingerprint density at radius 3 is 2.83 bits per heavy atom. The van der Waals surface area contributed by atoms with Crippen LogP contribution in [0.25, 0.3) is 0 Å². The van der Waals surface area contributed by atoms with E-state index in [0.29, 0.717) is 11.7 Å². The smallest absolute Gasteiger partial charge is 0.318 e. The third-order valence-corrected chi connectivity index (χ3v) is 3.04. The Bertz CT molecular complexity index is 472. The summed E-state index contributed by atoms with van der Waals surface area (Å²) in [7, 11) is 0. The van der Waals surface area contributed by atoms with Gasteiger partial charge in [0.25, 0.3) is 0 Å². The molecule has 1 atom stereocenters. The van der Waals surface area contributed by atoms with Crippen molar-refractivity contribution in [3.05, 3.63) is 12.7 Å². The van der Waals surface area contributed by atoms with Crippen molar-refractivity contribution in [2.24, 2.45) is 5.73 Å². The van der Waals surface area contributed by atoms with Crippen LogP contribution in [0.2, 0.25) is 0 Å². The molecule has 0 aliphatic carbocycles. The molecule has 0 aliphatic heterocycles. The Morgan fingerprint density at radius 1 is 1.61 bits per heavy atom. The van der Waals surface area contributed by atoms with Gasteiger partial charge >= 0.3 is 6.03 Å². The zero-order valence-corrected chi connectivity index (χ0v) is 10.6. The summed E-state index contributed by atoms with van der Waals surface area (Å²) < 4.78 is 1.60. The molecule has 0 radical (unpaired) electrons. The van der Waals surface area contributed by atoms with Crippen LogP contribution in [0, 0.1) is 0 Å². The molecule has 98 valence electrons. The quantitative estimate of drug-likeness (QED) is 0.498. The number of aromatic nitrogens is 3. The van der Waals surface area contributed by atoms with Crippen LogP contribution in [-0.4, -0.2) is 32.0 Å². The van der Waals surface area contributed by atoms with Gasteiger partial charge in [-0.3, -0.25) is 14.7 Å². The van der Waals surface area contributed by atoms with Gasteiger partial charge in [0.05, 0.1) is 5.25 Å². The number of nitrogens with zero attached hydrogens (tertiary/aromatic N) is 3. The summed E-state index contributed by atoms with van der Waals surface area (Å²) in [5.41, 5.74) is 10.5. The highest BCUT2D eigenvalue weighted by Crippen LogP contribution is 2.23. The monoisotopic (exact) mass is 270 g/mol. The third-order valence-electron chi connectivity index (χ3n) is 1.95. The minimum absolute atomic E-state index is 0.236. The number of nitrogens with one attached hydrogen (secondary N) is 1. The molecule has 0 fully saturated rings. The van der Waals surface area contributed by atoms with E-state index in [1.54, 1.807) is 17.6 Å². The van der Waals surface area contributed by atoms with Crippen molar-refractivity contribution in [2.45, 2.75) is 23.9 Å². The molecule has 1 heterocycles. The summed E-state index contributed by atoms with van der Waals surface area (Å²) in [5.74, 6) is -0.265. The number of carbonyl (C=O) groups excluding carboxylic acids is 2. The molecule has 0 aliphatic rings. The zero-order chi connectivity index (χ0) is 13.7. The molecule has 1 aromatic heterocycles. The van der Waals surface area contributed by atoms with Crippen LogP contribution in [0.15, 0.2) is 17.8 Å². The predicted molar refractivity (Wildman–Crippen MR) is 67.7 cm³/mol. The Morgan fingerprint density at radius 2 is 2.28 bits per heavy atom. The van der Waals surface area contributed by atoms with E-state index in [2.05, 4.69) is 16.8 Å². The fraction of sp³-hybridized carbons (Fsp3) is 0.333. The number of rotatable bonds is 5. The number of nitrogen functional groups attached to an aromatic ring is 1. The molecule has 8 nitrogen and oxygen atoms in total. The van der Waals surface area contributed by atoms with E-state index in [1.165, 1.54) is 0 Å². The number of hydrogen-bond donors (Lipinski definition) is 3. The minimum atomic E-state index is -0.889. The van der Waals surface area contributed by atoms with Crippen molar-refractivity contribution in [2.75, 3.05) is 5.73 Å². The molecule has 3 amide bonds. The van der Waals surface area contributed by atoms with E-state index < -0.39 is 17.2 Å². The molecule has 5 N–H and O–H groups in total. The molecule has 0 aromatic carbocycles. The SMILES string of the molecule is C=CCn1c(N)nnc1S[C@H](C)C(=O)NC(N)=O. The summed E-state index contributed by atoms with van der Waals surface area (Å²) in [4.78, 5) is 22.0. The highest BCUT2D eigenvalue weighted by molar-refractivity contribution is 8.00. The maximum Gasteiger partial charge on any atom is 0.318 e. The van der Waals surface area contributed by atoms with Crippen LogP contribution in [0.3, 0.4) is 0 Å². The van der Waals surface area contributed by atoms with Gasteiger partial charge in [-0.05, 0) is 6.92 Å². The summed E-state index contributed by atoms with van der Waals surface area (Å²) in [6.07, 6.45) is 1.64. The first-order valence-corrected chi connectivity index (χ1v) is 5.90. The van der Waals surface area contributed by atoms with Gasteiger partial charge in [0, 0.05) is 6.54 Å². The van der Waals surface area contributed by atoms with Gasteiger partial charge in [-0.1, -0.05) is 17.8 Å². The van der Waals surface area contributed by atoms with Crippen LogP contribution >= 0.6 is 11.8 Å². The number of thioether (sulfide) groups is 1. The number of amides is 3. The van der Waals surface area contributed by atoms with Crippen molar-refractivity contribution >= 4 is 29.6 Å². The lowest BCUT2D eigenvalue weighted by Gasteiger charge is -2.10. The molecule has 9 heteroatoms. The number of imide groups is 1. The first-order valence-electron chi connectivity index (χ1n) is 5.02. The van der Waals surface area contributed by atoms with E-state index in [9.17, 15) is 9.59 Å². The maximum atomic E-state index is 11.5. The lowest BCUT2D eigenvalue weighted by atomic mass is 10.4. The number of urea groups is 1. The Labute approximate surface area is 108 Å². The molecule has 0 spiro atoms. The van der Waals surface area contributed by atoms with Crippen molar-refractivity contribution in [1.82, 2.24) is 20.1 Å². The molecular weight excluding hydrogens is 256 g/mol. The second-order valence-corrected chi connectivity index (χ2v) is 4.66. The van der Waals surface area contributed by atoms with Crippen molar-refractivity contribution in [1.29, 1.82) is 0 Å². The van der Waals surface area contributed by atoms with Crippen molar-refractivity contribution < 1.29 is 9.59 Å². The van der Waals surface area contributed by atoms with E-state index in [1.807, 2.05) is 5.32 Å². The predicted octanol–water partition coefficient (Wildman–Crippen LogP) is -0.278. The van der Waals surface area contributed by atoms with Gasteiger partial charge in [0.15, 0.2) is 5.16 Å². The molecular formula is C9H14N6O2S. The number of nitrogens with two attached hydrogens (primary N) is 2. The summed E-state index contributed by atoms with van der Waals surface area (Å²) in [6.45, 7) is 5.64. The van der Waals surface area contributed by atoms with E-state index >= 15 is 0 Å². The largest absolute Gasteiger partial charge is 0.368 e. The van der Waals surface area contributed by atoms with Crippen molar-refractivity contribution in [3.8, 4) is 0 Å². The summed E-state index contributed by atoms with van der Waals surface area (Å²) >= 11 is 1.12. The first kappa shape index (κ1) is 14.0. The average Bonchev–Trinajstić information content (AvgIpc) is 2.61. The summed E-state index contributed by atoms with van der Waals surface area (Å²) in [5, 5.41) is 9.46. The molecule has 0 bridgehead atoms. The first-order chi connectivity index (χ1) is 8.45. The van der Waals surface area contributed by atoms with Crippen LogP contribution in [-0.2, 0) is 11.3 Å². The van der Waals surface area contributed by atoms with Gasteiger partial charge in [0.2, 0.25) is 11.9 Å². The molecule has 0 saturated carbocycles. The Balaban J connectivity index is 2.75. The topological polar surface area (TPSA) is 129 Å². The number of primary amides is 1. The lowest BCUT2D eigenvalue weighted by Crippen LogP contribution is -2.39. The number of carbonyl (C=O) groups is 2. The normalized spacial score (nSPS) is 11.8. The van der Waals surface area contributed by atoms with Crippen LogP contribution in [0.4, 0.5) is 10.7 Å². The molecule has 1 rings (SSSR count). The number of hydrogen-bond acceptors (Lipinski definition) is 6. The highest BCUT2D eigenvalue weighted by Gasteiger charge is 2.19. The van der Waals surface area contributed by atoms with E-state index in [0.717, 1.165) is 11.8 Å². The Kier molecular flexibility index (Phi) is 4.72. The number of allylic oxidation sites excluding steroid dienone is 1. The molecule has 1 aromatic rings. The Hall–Kier alpha value is -2.03. The molecule has 0 unspecified atom stereocenters.